The van der Waals surface area contributed by atoms with Gasteiger partial charge in [0.15, 0.2) is 5.78 Å². The lowest BCUT2D eigenvalue weighted by atomic mass is 9.95. The van der Waals surface area contributed by atoms with E-state index in [2.05, 4.69) is 30.7 Å². The van der Waals surface area contributed by atoms with E-state index in [0.717, 1.165) is 11.5 Å². The molecular formula is C11H16N2O. The number of aryl methyl sites for hydroxylation is 1. The molecule has 0 aromatic carbocycles. The van der Waals surface area contributed by atoms with E-state index in [1.54, 1.807) is 6.20 Å². The standard InChI is InChI=1S/C11H16N2O/c1-7-9(8(2)14)6-12-10(13-7)11(3,4)5/h6H,1-5H3. The van der Waals surface area contributed by atoms with E-state index in [1.165, 1.54) is 6.92 Å². The second-order valence-electron chi connectivity index (χ2n) is 4.50. The van der Waals surface area contributed by atoms with Crippen molar-refractivity contribution in [1.29, 1.82) is 0 Å². The molecule has 0 unspecified atom stereocenters. The maximum absolute atomic E-state index is 11.1. The maximum Gasteiger partial charge on any atom is 0.163 e. The number of Topliss-reactive ketones (excluding diaryl/α,β-unsaturated/α-hetero) is 1. The first-order valence-corrected chi connectivity index (χ1v) is 4.67. The highest BCUT2D eigenvalue weighted by atomic mass is 16.1. The minimum absolute atomic E-state index is 0.0166. The summed E-state index contributed by atoms with van der Waals surface area (Å²) in [5.41, 5.74) is 1.30. The van der Waals surface area contributed by atoms with Crippen molar-refractivity contribution >= 4 is 5.78 Å². The van der Waals surface area contributed by atoms with Crippen LogP contribution in [0.5, 0.6) is 0 Å². The van der Waals surface area contributed by atoms with Crippen LogP contribution in [0.4, 0.5) is 0 Å². The summed E-state index contributed by atoms with van der Waals surface area (Å²) >= 11 is 0. The van der Waals surface area contributed by atoms with Crippen LogP contribution in [0, 0.1) is 6.92 Å². The molecule has 0 radical (unpaired) electrons. The lowest BCUT2D eigenvalue weighted by Crippen LogP contribution is -2.17. The van der Waals surface area contributed by atoms with E-state index in [1.807, 2.05) is 6.92 Å². The fourth-order valence-corrected chi connectivity index (χ4v) is 1.17. The minimum Gasteiger partial charge on any atom is -0.294 e. The second kappa shape index (κ2) is 3.48. The zero-order valence-corrected chi connectivity index (χ0v) is 9.38. The molecule has 0 atom stereocenters. The number of hydrogen-bond donors (Lipinski definition) is 0. The van der Waals surface area contributed by atoms with Crippen LogP contribution in [-0.4, -0.2) is 15.8 Å². The van der Waals surface area contributed by atoms with Gasteiger partial charge in [-0.3, -0.25) is 4.79 Å². The third-order valence-electron chi connectivity index (χ3n) is 2.03. The molecule has 1 rings (SSSR count). The maximum atomic E-state index is 11.1. The zero-order chi connectivity index (χ0) is 10.9. The van der Waals surface area contributed by atoms with Crippen molar-refractivity contribution in [2.45, 2.75) is 40.0 Å². The van der Waals surface area contributed by atoms with E-state index in [4.69, 9.17) is 0 Å². The predicted molar refractivity (Wildman–Crippen MR) is 55.5 cm³/mol. The summed E-state index contributed by atoms with van der Waals surface area (Å²) in [4.78, 5) is 19.7. The molecule has 14 heavy (non-hydrogen) atoms. The summed E-state index contributed by atoms with van der Waals surface area (Å²) in [5.74, 6) is 0.794. The second-order valence-corrected chi connectivity index (χ2v) is 4.50. The number of carbonyl (C=O) groups excluding carboxylic acids is 1. The fraction of sp³-hybridized carbons (Fsp3) is 0.545. The monoisotopic (exact) mass is 192 g/mol. The van der Waals surface area contributed by atoms with E-state index in [9.17, 15) is 4.79 Å². The minimum atomic E-state index is -0.0694. The number of rotatable bonds is 1. The van der Waals surface area contributed by atoms with Gasteiger partial charge >= 0.3 is 0 Å². The van der Waals surface area contributed by atoms with E-state index < -0.39 is 0 Å². The number of hydrogen-bond acceptors (Lipinski definition) is 3. The van der Waals surface area contributed by atoms with Crippen molar-refractivity contribution in [3.63, 3.8) is 0 Å². The molecule has 0 fully saturated rings. The molecule has 0 spiro atoms. The molecule has 3 heteroatoms. The molecule has 0 N–H and O–H groups in total. The zero-order valence-electron chi connectivity index (χ0n) is 9.38. The van der Waals surface area contributed by atoms with Gasteiger partial charge in [-0.2, -0.15) is 0 Å². The highest BCUT2D eigenvalue weighted by Gasteiger charge is 2.18. The van der Waals surface area contributed by atoms with Crippen molar-refractivity contribution in [3.8, 4) is 0 Å². The summed E-state index contributed by atoms with van der Waals surface area (Å²) in [7, 11) is 0. The first-order valence-electron chi connectivity index (χ1n) is 4.67. The molecule has 0 aliphatic heterocycles. The van der Waals surface area contributed by atoms with Crippen LogP contribution in [0.2, 0.25) is 0 Å². The number of aromatic nitrogens is 2. The third kappa shape index (κ3) is 2.16. The van der Waals surface area contributed by atoms with Crippen molar-refractivity contribution in [2.24, 2.45) is 0 Å². The lowest BCUT2D eigenvalue weighted by molar-refractivity contribution is 0.101. The largest absolute Gasteiger partial charge is 0.294 e. The number of nitrogens with zero attached hydrogens (tertiary/aromatic N) is 2. The molecule has 1 aromatic heterocycles. The molecule has 0 amide bonds. The Morgan fingerprint density at radius 3 is 2.29 bits per heavy atom. The molecule has 1 heterocycles. The van der Waals surface area contributed by atoms with Crippen molar-refractivity contribution in [3.05, 3.63) is 23.3 Å². The smallest absolute Gasteiger partial charge is 0.163 e. The highest BCUT2D eigenvalue weighted by Crippen LogP contribution is 2.18. The molecule has 0 saturated carbocycles. The van der Waals surface area contributed by atoms with Gasteiger partial charge in [-0.1, -0.05) is 20.8 Å². The summed E-state index contributed by atoms with van der Waals surface area (Å²) < 4.78 is 0. The van der Waals surface area contributed by atoms with Gasteiger partial charge < -0.3 is 0 Å². The Labute approximate surface area is 84.6 Å². The van der Waals surface area contributed by atoms with Crippen LogP contribution in [-0.2, 0) is 5.41 Å². The van der Waals surface area contributed by atoms with Crippen LogP contribution in [0.25, 0.3) is 0 Å². The quantitative estimate of drug-likeness (QED) is 0.641. The number of carbonyl (C=O) groups is 1. The Morgan fingerprint density at radius 1 is 1.36 bits per heavy atom. The SMILES string of the molecule is CC(=O)c1cnc(C(C)(C)C)nc1C. The first-order chi connectivity index (χ1) is 6.32. The summed E-state index contributed by atoms with van der Waals surface area (Å²) in [6.07, 6.45) is 1.62. The van der Waals surface area contributed by atoms with Crippen molar-refractivity contribution < 1.29 is 4.79 Å². The summed E-state index contributed by atoms with van der Waals surface area (Å²) in [6, 6.07) is 0. The van der Waals surface area contributed by atoms with Crippen LogP contribution >= 0.6 is 0 Å². The van der Waals surface area contributed by atoms with Gasteiger partial charge in [0.1, 0.15) is 5.82 Å². The Kier molecular flexibility index (Phi) is 2.69. The lowest BCUT2D eigenvalue weighted by Gasteiger charge is -2.17. The van der Waals surface area contributed by atoms with Gasteiger partial charge in [-0.25, -0.2) is 9.97 Å². The predicted octanol–water partition coefficient (Wildman–Crippen LogP) is 2.29. The van der Waals surface area contributed by atoms with Gasteiger partial charge in [-0.15, -0.1) is 0 Å². The van der Waals surface area contributed by atoms with Crippen LogP contribution in [0.15, 0.2) is 6.20 Å². The average molecular weight is 192 g/mol. The summed E-state index contributed by atoms with van der Waals surface area (Å²) in [6.45, 7) is 9.52. The first kappa shape index (κ1) is 10.8. The molecule has 0 saturated heterocycles. The normalized spacial score (nSPS) is 11.5. The molecule has 0 aliphatic rings. The van der Waals surface area contributed by atoms with Crippen molar-refractivity contribution in [2.75, 3.05) is 0 Å². The van der Waals surface area contributed by atoms with Gasteiger partial charge in [0, 0.05) is 11.6 Å². The fourth-order valence-electron chi connectivity index (χ4n) is 1.17. The molecule has 0 aliphatic carbocycles. The molecular weight excluding hydrogens is 176 g/mol. The highest BCUT2D eigenvalue weighted by molar-refractivity contribution is 5.94. The van der Waals surface area contributed by atoms with Crippen LogP contribution < -0.4 is 0 Å². The molecule has 76 valence electrons. The van der Waals surface area contributed by atoms with Gasteiger partial charge in [0.2, 0.25) is 0 Å². The Morgan fingerprint density at radius 2 is 1.93 bits per heavy atom. The Hall–Kier alpha value is -1.25. The van der Waals surface area contributed by atoms with Gasteiger partial charge in [0.05, 0.1) is 11.3 Å². The van der Waals surface area contributed by atoms with E-state index in [0.29, 0.717) is 5.56 Å². The Balaban J connectivity index is 3.20. The third-order valence-corrected chi connectivity index (χ3v) is 2.03. The van der Waals surface area contributed by atoms with Gasteiger partial charge in [0.25, 0.3) is 0 Å². The van der Waals surface area contributed by atoms with E-state index in [-0.39, 0.29) is 11.2 Å². The molecule has 0 bridgehead atoms. The Bertz CT molecular complexity index is 364. The van der Waals surface area contributed by atoms with Crippen LogP contribution in [0.3, 0.4) is 0 Å². The number of ketones is 1. The average Bonchev–Trinajstić information content (AvgIpc) is 2.01. The van der Waals surface area contributed by atoms with Crippen molar-refractivity contribution in [1.82, 2.24) is 9.97 Å². The summed E-state index contributed by atoms with van der Waals surface area (Å²) in [5, 5.41) is 0. The van der Waals surface area contributed by atoms with Gasteiger partial charge in [-0.05, 0) is 13.8 Å². The molecule has 1 aromatic rings. The van der Waals surface area contributed by atoms with E-state index >= 15 is 0 Å². The topological polar surface area (TPSA) is 42.9 Å². The molecule has 3 nitrogen and oxygen atoms in total. The van der Waals surface area contributed by atoms with Crippen LogP contribution in [0.1, 0.15) is 49.6 Å².